The SMILES string of the molecule is C[C@@H]1C[C@@H]1C(=O)N1CCC(N2C(=O)NC3(CCN(CCc4ccccc4)CC3)C2=O)CC1. The molecule has 4 amide bonds. The molecule has 1 aromatic carbocycles. The van der Waals surface area contributed by atoms with Crippen molar-refractivity contribution >= 4 is 17.8 Å². The molecular weight excluding hydrogens is 404 g/mol. The Hall–Kier alpha value is -2.41. The molecule has 1 saturated carbocycles. The van der Waals surface area contributed by atoms with Crippen molar-refractivity contribution in [1.82, 2.24) is 20.0 Å². The number of nitrogens with zero attached hydrogens (tertiary/aromatic N) is 3. The average molecular weight is 439 g/mol. The molecule has 5 rings (SSSR count). The van der Waals surface area contributed by atoms with Gasteiger partial charge in [-0.2, -0.15) is 0 Å². The van der Waals surface area contributed by atoms with E-state index in [0.29, 0.717) is 44.7 Å². The summed E-state index contributed by atoms with van der Waals surface area (Å²) in [5.74, 6) is 0.904. The fourth-order valence-corrected chi connectivity index (χ4v) is 5.65. The van der Waals surface area contributed by atoms with Gasteiger partial charge in [0.25, 0.3) is 5.91 Å². The summed E-state index contributed by atoms with van der Waals surface area (Å²) in [6.45, 7) is 6.01. The highest BCUT2D eigenvalue weighted by molar-refractivity contribution is 6.07. The van der Waals surface area contributed by atoms with E-state index in [2.05, 4.69) is 41.4 Å². The zero-order valence-electron chi connectivity index (χ0n) is 19.0. The van der Waals surface area contributed by atoms with Gasteiger partial charge in [-0.05, 0) is 50.0 Å². The standard InChI is InChI=1S/C25H34N4O3/c1-18-17-21(18)22(30)28-13-8-20(9-14-28)29-23(31)25(26-24(29)32)10-15-27(16-11-25)12-7-19-5-3-2-4-6-19/h2-6,18,20-21H,7-17H2,1H3,(H,26,32)/t18-,21+/m1/s1. The number of nitrogens with one attached hydrogen (secondary N) is 1. The average Bonchev–Trinajstić information content (AvgIpc) is 3.50. The smallest absolute Gasteiger partial charge is 0.325 e. The van der Waals surface area contributed by atoms with E-state index in [9.17, 15) is 14.4 Å². The number of hydrogen-bond acceptors (Lipinski definition) is 4. The molecule has 3 aliphatic heterocycles. The number of benzene rings is 1. The van der Waals surface area contributed by atoms with Crippen molar-refractivity contribution in [1.29, 1.82) is 0 Å². The number of urea groups is 1. The predicted molar refractivity (Wildman–Crippen MR) is 121 cm³/mol. The van der Waals surface area contributed by atoms with Crippen molar-refractivity contribution in [2.75, 3.05) is 32.7 Å². The van der Waals surface area contributed by atoms with Crippen LogP contribution in [-0.2, 0) is 16.0 Å². The Morgan fingerprint density at radius 3 is 2.34 bits per heavy atom. The van der Waals surface area contributed by atoms with Gasteiger partial charge in [-0.15, -0.1) is 0 Å². The fraction of sp³-hybridized carbons (Fsp3) is 0.640. The van der Waals surface area contributed by atoms with Crippen LogP contribution in [0.25, 0.3) is 0 Å². The molecule has 32 heavy (non-hydrogen) atoms. The highest BCUT2D eigenvalue weighted by Gasteiger charge is 2.54. The molecule has 3 saturated heterocycles. The van der Waals surface area contributed by atoms with Gasteiger partial charge < -0.3 is 15.1 Å². The number of imide groups is 1. The number of piperidine rings is 2. The number of likely N-dealkylation sites (tertiary alicyclic amines) is 2. The minimum Gasteiger partial charge on any atom is -0.342 e. The molecule has 0 unspecified atom stereocenters. The van der Waals surface area contributed by atoms with Gasteiger partial charge in [0.2, 0.25) is 5.91 Å². The van der Waals surface area contributed by atoms with Gasteiger partial charge in [-0.1, -0.05) is 37.3 Å². The summed E-state index contributed by atoms with van der Waals surface area (Å²) in [6, 6.07) is 10.1. The van der Waals surface area contributed by atoms with E-state index >= 15 is 0 Å². The number of hydrogen-bond donors (Lipinski definition) is 1. The monoisotopic (exact) mass is 438 g/mol. The minimum absolute atomic E-state index is 0.0502. The van der Waals surface area contributed by atoms with Crippen molar-refractivity contribution in [3.05, 3.63) is 35.9 Å². The Kier molecular flexibility index (Phi) is 5.70. The molecule has 1 aliphatic carbocycles. The van der Waals surface area contributed by atoms with E-state index < -0.39 is 5.54 Å². The van der Waals surface area contributed by atoms with Crippen LogP contribution in [0.1, 0.15) is 44.6 Å². The quantitative estimate of drug-likeness (QED) is 0.716. The summed E-state index contributed by atoms with van der Waals surface area (Å²) in [4.78, 5) is 44.5. The van der Waals surface area contributed by atoms with Crippen LogP contribution in [0.15, 0.2) is 30.3 Å². The van der Waals surface area contributed by atoms with Crippen LogP contribution in [0.3, 0.4) is 0 Å². The first kappa shape index (κ1) is 21.4. The van der Waals surface area contributed by atoms with E-state index in [4.69, 9.17) is 0 Å². The van der Waals surface area contributed by atoms with E-state index in [1.165, 1.54) is 10.5 Å². The Bertz CT molecular complexity index is 872. The van der Waals surface area contributed by atoms with Gasteiger partial charge in [0.1, 0.15) is 5.54 Å². The third kappa shape index (κ3) is 4.03. The zero-order valence-corrected chi connectivity index (χ0v) is 19.0. The van der Waals surface area contributed by atoms with Gasteiger partial charge in [0, 0.05) is 44.7 Å². The van der Waals surface area contributed by atoms with E-state index in [0.717, 1.165) is 32.5 Å². The van der Waals surface area contributed by atoms with E-state index in [1.54, 1.807) is 0 Å². The molecule has 1 aromatic rings. The summed E-state index contributed by atoms with van der Waals surface area (Å²) < 4.78 is 0. The van der Waals surface area contributed by atoms with Gasteiger partial charge in [-0.25, -0.2) is 4.79 Å². The molecule has 7 heteroatoms. The van der Waals surface area contributed by atoms with Gasteiger partial charge in [-0.3, -0.25) is 14.5 Å². The molecule has 3 heterocycles. The molecule has 4 fully saturated rings. The molecule has 7 nitrogen and oxygen atoms in total. The summed E-state index contributed by atoms with van der Waals surface area (Å²) in [6.07, 6.45) is 4.70. The van der Waals surface area contributed by atoms with Crippen LogP contribution in [-0.4, -0.2) is 76.8 Å². The minimum atomic E-state index is -0.739. The summed E-state index contributed by atoms with van der Waals surface area (Å²) in [5, 5.41) is 3.06. The lowest BCUT2D eigenvalue weighted by Gasteiger charge is -2.39. The van der Waals surface area contributed by atoms with Crippen LogP contribution in [0.4, 0.5) is 4.79 Å². The van der Waals surface area contributed by atoms with Crippen molar-refractivity contribution in [2.24, 2.45) is 11.8 Å². The van der Waals surface area contributed by atoms with Gasteiger partial charge in [0.05, 0.1) is 0 Å². The largest absolute Gasteiger partial charge is 0.342 e. The lowest BCUT2D eigenvalue weighted by molar-refractivity contribution is -0.137. The second-order valence-corrected chi connectivity index (χ2v) is 10.1. The molecular formula is C25H34N4O3. The second-order valence-electron chi connectivity index (χ2n) is 10.1. The van der Waals surface area contributed by atoms with Crippen molar-refractivity contribution in [3.63, 3.8) is 0 Å². The molecule has 0 aromatic heterocycles. The highest BCUT2D eigenvalue weighted by atomic mass is 16.2. The molecule has 1 N–H and O–H groups in total. The van der Waals surface area contributed by atoms with Crippen LogP contribution in [0.2, 0.25) is 0 Å². The van der Waals surface area contributed by atoms with E-state index in [1.807, 2.05) is 11.0 Å². The second kappa shape index (κ2) is 8.50. The molecule has 0 bridgehead atoms. The summed E-state index contributed by atoms with van der Waals surface area (Å²) in [5.41, 5.74) is 0.585. The molecule has 4 aliphatic rings. The number of carbonyl (C=O) groups is 3. The first-order valence-electron chi connectivity index (χ1n) is 12.2. The lowest BCUT2D eigenvalue weighted by atomic mass is 9.86. The van der Waals surface area contributed by atoms with Gasteiger partial charge in [0.15, 0.2) is 0 Å². The van der Waals surface area contributed by atoms with Crippen LogP contribution in [0, 0.1) is 11.8 Å². The third-order valence-electron chi connectivity index (χ3n) is 8.03. The molecule has 172 valence electrons. The van der Waals surface area contributed by atoms with E-state index in [-0.39, 0.29) is 29.8 Å². The van der Waals surface area contributed by atoms with Crippen molar-refractivity contribution < 1.29 is 14.4 Å². The maximum Gasteiger partial charge on any atom is 0.325 e. The topological polar surface area (TPSA) is 73.0 Å². The highest BCUT2D eigenvalue weighted by Crippen LogP contribution is 2.40. The third-order valence-corrected chi connectivity index (χ3v) is 8.03. The normalized spacial score (nSPS) is 28.3. The van der Waals surface area contributed by atoms with Crippen molar-refractivity contribution in [3.8, 4) is 0 Å². The molecule has 1 spiro atoms. The fourth-order valence-electron chi connectivity index (χ4n) is 5.65. The van der Waals surface area contributed by atoms with Crippen LogP contribution < -0.4 is 5.32 Å². The number of amides is 4. The Labute approximate surface area is 190 Å². The maximum absolute atomic E-state index is 13.4. The first-order chi connectivity index (χ1) is 15.5. The van der Waals surface area contributed by atoms with Crippen molar-refractivity contribution in [2.45, 2.75) is 57.0 Å². The van der Waals surface area contributed by atoms with Crippen LogP contribution >= 0.6 is 0 Å². The maximum atomic E-state index is 13.4. The zero-order chi connectivity index (χ0) is 22.3. The first-order valence-corrected chi connectivity index (χ1v) is 12.2. The van der Waals surface area contributed by atoms with Gasteiger partial charge >= 0.3 is 6.03 Å². The number of carbonyl (C=O) groups excluding carboxylic acids is 3. The number of rotatable bonds is 5. The van der Waals surface area contributed by atoms with Crippen LogP contribution in [0.5, 0.6) is 0 Å². The summed E-state index contributed by atoms with van der Waals surface area (Å²) in [7, 11) is 0. The lowest BCUT2D eigenvalue weighted by Crippen LogP contribution is -2.56. The summed E-state index contributed by atoms with van der Waals surface area (Å²) >= 11 is 0. The predicted octanol–water partition coefficient (Wildman–Crippen LogP) is 2.26. The Morgan fingerprint density at radius 1 is 1.06 bits per heavy atom. The molecule has 0 radical (unpaired) electrons. The molecule has 2 atom stereocenters. The Balaban J connectivity index is 1.14. The Morgan fingerprint density at radius 2 is 1.72 bits per heavy atom.